The molecule has 0 amide bonds. The van der Waals surface area contributed by atoms with Crippen LogP contribution in [0.5, 0.6) is 0 Å². The van der Waals surface area contributed by atoms with Gasteiger partial charge in [0.15, 0.2) is 0 Å². The van der Waals surface area contributed by atoms with Gasteiger partial charge >= 0.3 is 0 Å². The number of nitrogens with zero attached hydrogens (tertiary/aromatic N) is 2. The van der Waals surface area contributed by atoms with Crippen LogP contribution in [0, 0.1) is 12.1 Å². The second-order valence-corrected chi connectivity index (χ2v) is 20.2. The molecule has 5 heteroatoms. The molecule has 0 bridgehead atoms. The summed E-state index contributed by atoms with van der Waals surface area (Å²) in [6, 6.07) is 53.2. The summed E-state index contributed by atoms with van der Waals surface area (Å²) in [5, 5.41) is 3.60. The van der Waals surface area contributed by atoms with E-state index in [0.29, 0.717) is 5.92 Å². The van der Waals surface area contributed by atoms with Crippen LogP contribution in [0.25, 0.3) is 66.7 Å². The van der Waals surface area contributed by atoms with Crippen molar-refractivity contribution >= 4 is 35.2 Å². The van der Waals surface area contributed by atoms with Crippen molar-refractivity contribution in [1.82, 2.24) is 9.97 Å². The van der Waals surface area contributed by atoms with Gasteiger partial charge in [0.2, 0.25) is 0 Å². The van der Waals surface area contributed by atoms with Gasteiger partial charge in [-0.1, -0.05) is 147 Å². The van der Waals surface area contributed by atoms with Crippen molar-refractivity contribution in [2.75, 3.05) is 0 Å². The van der Waals surface area contributed by atoms with Crippen LogP contribution in [0.4, 0.5) is 0 Å². The minimum Gasteiger partial charge on any atom is -0.476 e. The van der Waals surface area contributed by atoms with Crippen LogP contribution in [0.2, 0.25) is 19.6 Å². The molecule has 3 aromatic heterocycles. The minimum absolute atomic E-state index is 0. The SMILES string of the molecule is C[Si](C)(C)c1ccc(-c2[c-]cccc2)nc1.[Ir].[c-]1cc2c(cc1-c1cc(C3CCCCC3)ccn1)oc1c(-c3ccc(-c4ccccc4)cc3)cccc12. The molecule has 1 aliphatic carbocycles. The Hall–Kier alpha value is -4.93. The summed E-state index contributed by atoms with van der Waals surface area (Å²) in [5.74, 6) is 0.654. The van der Waals surface area contributed by atoms with Crippen molar-refractivity contribution in [3.8, 4) is 44.8 Å². The van der Waals surface area contributed by atoms with Gasteiger partial charge < -0.3 is 14.4 Å². The molecule has 0 saturated heterocycles. The van der Waals surface area contributed by atoms with Crippen LogP contribution in [0.1, 0.15) is 43.6 Å². The summed E-state index contributed by atoms with van der Waals surface area (Å²) in [6.45, 7) is 7.00. The molecule has 0 aliphatic heterocycles. The molecule has 1 aliphatic rings. The van der Waals surface area contributed by atoms with Crippen LogP contribution in [0.15, 0.2) is 150 Å². The van der Waals surface area contributed by atoms with Gasteiger partial charge in [0, 0.05) is 38.1 Å². The summed E-state index contributed by atoms with van der Waals surface area (Å²) in [5.41, 5.74) is 11.9. The van der Waals surface area contributed by atoms with Crippen LogP contribution in [-0.4, -0.2) is 18.0 Å². The molecule has 8 aromatic rings. The summed E-state index contributed by atoms with van der Waals surface area (Å²) < 4.78 is 6.51. The Morgan fingerprint density at radius 1 is 0.630 bits per heavy atom. The number of hydrogen-bond acceptors (Lipinski definition) is 3. The summed E-state index contributed by atoms with van der Waals surface area (Å²) >= 11 is 0. The molecule has 54 heavy (non-hydrogen) atoms. The molecule has 1 fully saturated rings. The Labute approximate surface area is 333 Å². The number of fused-ring (bicyclic) bond motifs is 3. The minimum atomic E-state index is -1.23. The Balaban J connectivity index is 0.000000223. The molecule has 5 aromatic carbocycles. The molecule has 0 atom stereocenters. The van der Waals surface area contributed by atoms with E-state index >= 15 is 0 Å². The maximum Gasteiger partial charge on any atom is 0.131 e. The van der Waals surface area contributed by atoms with Crippen molar-refractivity contribution in [3.05, 3.63) is 164 Å². The van der Waals surface area contributed by atoms with Gasteiger partial charge in [0.1, 0.15) is 5.58 Å². The Kier molecular flexibility index (Phi) is 11.5. The number of para-hydroxylation sites is 1. The zero-order chi connectivity index (χ0) is 36.2. The molecular formula is C49H44IrN2OSi-2. The van der Waals surface area contributed by atoms with E-state index in [0.717, 1.165) is 55.6 Å². The van der Waals surface area contributed by atoms with E-state index < -0.39 is 8.07 Å². The van der Waals surface area contributed by atoms with Crippen molar-refractivity contribution in [2.45, 2.75) is 57.7 Å². The fourth-order valence-corrected chi connectivity index (χ4v) is 8.45. The Morgan fingerprint density at radius 2 is 1.39 bits per heavy atom. The van der Waals surface area contributed by atoms with Gasteiger partial charge in [-0.05, 0) is 63.5 Å². The van der Waals surface area contributed by atoms with E-state index in [4.69, 9.17) is 9.40 Å². The third-order valence-electron chi connectivity index (χ3n) is 10.5. The van der Waals surface area contributed by atoms with E-state index in [1.54, 1.807) is 0 Å². The zero-order valence-electron chi connectivity index (χ0n) is 31.1. The number of benzene rings is 5. The monoisotopic (exact) mass is 897 g/mol. The second-order valence-electron chi connectivity index (χ2n) is 15.1. The first-order valence-corrected chi connectivity index (χ1v) is 22.3. The Morgan fingerprint density at radius 3 is 2.11 bits per heavy atom. The van der Waals surface area contributed by atoms with Crippen LogP contribution in [0.3, 0.4) is 0 Å². The average molecular weight is 897 g/mol. The maximum atomic E-state index is 6.51. The smallest absolute Gasteiger partial charge is 0.131 e. The number of rotatable bonds is 6. The van der Waals surface area contributed by atoms with E-state index in [9.17, 15) is 0 Å². The maximum absolute atomic E-state index is 6.51. The third-order valence-corrected chi connectivity index (χ3v) is 12.5. The van der Waals surface area contributed by atoms with Crippen molar-refractivity contribution in [2.24, 2.45) is 0 Å². The standard InChI is InChI=1S/C35H28NO.C14H16NSi.Ir/c1-3-8-24(9-4-1)26-14-16-27(17-15-26)30-12-7-13-32-31-19-18-29(23-34(31)37-35(30)32)33-22-28(20-21-36-33)25-10-5-2-6-11-25;1-16(2,3)13-9-10-14(15-11-13)12-7-5-4-6-8-12;/h1,3-4,7-9,12-17,19-23,25H,2,5-6,10-11H2;4-7,9-11H,1-3H3;/q2*-1;. The first kappa shape index (κ1) is 37.4. The molecule has 3 heterocycles. The summed E-state index contributed by atoms with van der Waals surface area (Å²) in [4.78, 5) is 9.21. The van der Waals surface area contributed by atoms with Crippen molar-refractivity contribution in [3.63, 3.8) is 0 Å². The molecule has 0 N–H and O–H groups in total. The first-order valence-electron chi connectivity index (χ1n) is 18.8. The van der Waals surface area contributed by atoms with E-state index in [2.05, 4.69) is 140 Å². The largest absolute Gasteiger partial charge is 0.476 e. The quantitative estimate of drug-likeness (QED) is 0.123. The van der Waals surface area contributed by atoms with Crippen LogP contribution >= 0.6 is 0 Å². The number of pyridine rings is 2. The van der Waals surface area contributed by atoms with Crippen LogP contribution < -0.4 is 5.19 Å². The first-order chi connectivity index (χ1) is 25.9. The van der Waals surface area contributed by atoms with E-state index in [1.807, 2.05) is 42.7 Å². The van der Waals surface area contributed by atoms with E-state index in [1.165, 1.54) is 54.0 Å². The second kappa shape index (κ2) is 16.6. The third kappa shape index (κ3) is 8.24. The molecule has 0 unspecified atom stereocenters. The molecule has 9 rings (SSSR count). The van der Waals surface area contributed by atoms with Gasteiger partial charge in [-0.25, -0.2) is 0 Å². The number of hydrogen-bond donors (Lipinski definition) is 0. The predicted molar refractivity (Wildman–Crippen MR) is 224 cm³/mol. The number of furan rings is 1. The summed E-state index contributed by atoms with van der Waals surface area (Å²) in [6.07, 6.45) is 10.6. The number of aromatic nitrogens is 2. The molecular weight excluding hydrogens is 853 g/mol. The molecule has 0 spiro atoms. The normalized spacial score (nSPS) is 13.2. The molecule has 271 valence electrons. The summed E-state index contributed by atoms with van der Waals surface area (Å²) in [7, 11) is -1.23. The molecule has 1 saturated carbocycles. The van der Waals surface area contributed by atoms with Gasteiger partial charge in [-0.3, -0.25) is 0 Å². The van der Waals surface area contributed by atoms with Crippen molar-refractivity contribution in [1.29, 1.82) is 0 Å². The fourth-order valence-electron chi connectivity index (χ4n) is 7.42. The van der Waals surface area contributed by atoms with Gasteiger partial charge in [-0.15, -0.1) is 53.6 Å². The van der Waals surface area contributed by atoms with Gasteiger partial charge in [-0.2, -0.15) is 0 Å². The predicted octanol–water partition coefficient (Wildman–Crippen LogP) is 12.9. The topological polar surface area (TPSA) is 38.9 Å². The molecule has 1 radical (unpaired) electrons. The van der Waals surface area contributed by atoms with Gasteiger partial charge in [0.25, 0.3) is 0 Å². The average Bonchev–Trinajstić information content (AvgIpc) is 3.60. The van der Waals surface area contributed by atoms with E-state index in [-0.39, 0.29) is 20.1 Å². The molecule has 3 nitrogen and oxygen atoms in total. The fraction of sp³-hybridized carbons (Fsp3) is 0.184. The zero-order valence-corrected chi connectivity index (χ0v) is 34.5. The van der Waals surface area contributed by atoms with Crippen LogP contribution in [-0.2, 0) is 20.1 Å². The van der Waals surface area contributed by atoms with Gasteiger partial charge in [0.05, 0.1) is 13.7 Å². The van der Waals surface area contributed by atoms with Crippen molar-refractivity contribution < 1.29 is 24.5 Å². The Bertz CT molecular complexity index is 2450.